The van der Waals surface area contributed by atoms with Crippen molar-refractivity contribution in [1.82, 2.24) is 10.2 Å². The molecule has 0 fully saturated rings. The Morgan fingerprint density at radius 1 is 1.19 bits per heavy atom. The molecule has 8 heteroatoms. The van der Waals surface area contributed by atoms with E-state index in [2.05, 4.69) is 15.5 Å². The van der Waals surface area contributed by atoms with E-state index in [1.54, 1.807) is 12.1 Å². The molecule has 1 heterocycles. The van der Waals surface area contributed by atoms with Crippen LogP contribution in [0.1, 0.15) is 11.1 Å². The van der Waals surface area contributed by atoms with Gasteiger partial charge in [-0.05, 0) is 61.5 Å². The van der Waals surface area contributed by atoms with Crippen LogP contribution in [0.15, 0.2) is 57.0 Å². The second kappa shape index (κ2) is 8.75. The molecular formula is C19H16N4O2S2. The van der Waals surface area contributed by atoms with Crippen LogP contribution in [0.4, 0.5) is 5.69 Å². The molecule has 0 bridgehead atoms. The number of nitrogens with zero attached hydrogens (tertiary/aromatic N) is 3. The van der Waals surface area contributed by atoms with Gasteiger partial charge in [0.25, 0.3) is 5.22 Å². The van der Waals surface area contributed by atoms with Gasteiger partial charge in [-0.1, -0.05) is 29.5 Å². The van der Waals surface area contributed by atoms with Crippen LogP contribution >= 0.6 is 23.5 Å². The average molecular weight is 396 g/mol. The standard InChI is InChI=1S/C19H16N4O2S2/c1-12-3-5-14(6-4-12)18-22-23-19(25-18)26-10-17(24)21-16-8-7-15(27-11-20)9-13(16)2/h3-9H,10H2,1-2H3,(H,21,24). The van der Waals surface area contributed by atoms with Gasteiger partial charge < -0.3 is 9.73 Å². The summed E-state index contributed by atoms with van der Waals surface area (Å²) in [6.45, 7) is 3.89. The highest BCUT2D eigenvalue weighted by Gasteiger charge is 2.12. The van der Waals surface area contributed by atoms with Gasteiger partial charge in [-0.3, -0.25) is 4.79 Å². The van der Waals surface area contributed by atoms with Crippen LogP contribution in [0, 0.1) is 24.5 Å². The number of rotatable bonds is 6. The second-order valence-electron chi connectivity index (χ2n) is 5.75. The first-order valence-corrected chi connectivity index (χ1v) is 9.85. The Morgan fingerprint density at radius 3 is 2.67 bits per heavy atom. The maximum atomic E-state index is 12.2. The predicted octanol–water partition coefficient (Wildman–Crippen LogP) is 4.66. The Balaban J connectivity index is 1.57. The third kappa shape index (κ3) is 5.12. The number of amides is 1. The molecule has 1 amide bonds. The van der Waals surface area contributed by atoms with Crippen molar-refractivity contribution in [2.75, 3.05) is 11.1 Å². The van der Waals surface area contributed by atoms with Crippen LogP contribution in [0.3, 0.4) is 0 Å². The van der Waals surface area contributed by atoms with Crippen LogP contribution < -0.4 is 5.32 Å². The van der Waals surface area contributed by atoms with E-state index in [0.29, 0.717) is 16.8 Å². The third-order valence-electron chi connectivity index (χ3n) is 3.67. The number of carbonyl (C=O) groups excluding carboxylic acids is 1. The molecular weight excluding hydrogens is 380 g/mol. The number of anilines is 1. The van der Waals surface area contributed by atoms with Crippen LogP contribution in [0.2, 0.25) is 0 Å². The van der Waals surface area contributed by atoms with Crippen molar-refractivity contribution in [3.05, 3.63) is 53.6 Å². The lowest BCUT2D eigenvalue weighted by atomic mass is 10.1. The summed E-state index contributed by atoms with van der Waals surface area (Å²) in [5, 5.41) is 21.9. The fourth-order valence-corrected chi connectivity index (χ4v) is 3.33. The highest BCUT2D eigenvalue weighted by Crippen LogP contribution is 2.25. The van der Waals surface area contributed by atoms with E-state index >= 15 is 0 Å². The zero-order valence-corrected chi connectivity index (χ0v) is 16.4. The molecule has 0 atom stereocenters. The second-order valence-corrected chi connectivity index (χ2v) is 7.53. The minimum Gasteiger partial charge on any atom is -0.411 e. The van der Waals surface area contributed by atoms with Gasteiger partial charge in [-0.2, -0.15) is 5.26 Å². The van der Waals surface area contributed by atoms with Crippen molar-refractivity contribution in [2.45, 2.75) is 24.0 Å². The normalized spacial score (nSPS) is 10.4. The van der Waals surface area contributed by atoms with Crippen molar-refractivity contribution in [2.24, 2.45) is 0 Å². The zero-order valence-electron chi connectivity index (χ0n) is 14.7. The summed E-state index contributed by atoms with van der Waals surface area (Å²) in [5.74, 6) is 0.419. The molecule has 0 spiro atoms. The van der Waals surface area contributed by atoms with Gasteiger partial charge in [0.15, 0.2) is 0 Å². The Bertz CT molecular complexity index is 994. The van der Waals surface area contributed by atoms with Gasteiger partial charge in [0.2, 0.25) is 11.8 Å². The van der Waals surface area contributed by atoms with Crippen LogP contribution in [-0.2, 0) is 4.79 Å². The first-order chi connectivity index (χ1) is 13.0. The summed E-state index contributed by atoms with van der Waals surface area (Å²) in [5.41, 5.74) is 3.61. The number of thioether (sulfide) groups is 2. The Hall–Kier alpha value is -2.76. The average Bonchev–Trinajstić information content (AvgIpc) is 3.12. The molecule has 0 aliphatic rings. The summed E-state index contributed by atoms with van der Waals surface area (Å²) < 4.78 is 5.60. The molecule has 0 aliphatic carbocycles. The van der Waals surface area contributed by atoms with E-state index < -0.39 is 0 Å². The largest absolute Gasteiger partial charge is 0.411 e. The number of nitrogens with one attached hydrogen (secondary N) is 1. The quantitative estimate of drug-likeness (QED) is 0.478. The summed E-state index contributed by atoms with van der Waals surface area (Å²) in [7, 11) is 0. The van der Waals surface area contributed by atoms with E-state index in [1.807, 2.05) is 49.6 Å². The SMILES string of the molecule is Cc1ccc(-c2nnc(SCC(=O)Nc3ccc(SC#N)cc3C)o2)cc1. The minimum absolute atomic E-state index is 0.156. The molecule has 3 rings (SSSR count). The molecule has 1 aromatic heterocycles. The molecule has 0 saturated heterocycles. The molecule has 0 unspecified atom stereocenters. The number of hydrogen-bond acceptors (Lipinski definition) is 7. The number of aromatic nitrogens is 2. The first-order valence-electron chi connectivity index (χ1n) is 8.05. The van der Waals surface area contributed by atoms with Crippen molar-refractivity contribution < 1.29 is 9.21 Å². The Morgan fingerprint density at radius 2 is 1.96 bits per heavy atom. The summed E-state index contributed by atoms with van der Waals surface area (Å²) >= 11 is 2.27. The number of aryl methyl sites for hydroxylation is 2. The Labute approximate surface area is 165 Å². The maximum absolute atomic E-state index is 12.2. The highest BCUT2D eigenvalue weighted by atomic mass is 32.2. The van der Waals surface area contributed by atoms with Gasteiger partial charge in [0.1, 0.15) is 5.40 Å². The number of nitriles is 1. The van der Waals surface area contributed by atoms with E-state index in [0.717, 1.165) is 33.3 Å². The van der Waals surface area contributed by atoms with E-state index in [4.69, 9.17) is 9.68 Å². The maximum Gasteiger partial charge on any atom is 0.277 e. The van der Waals surface area contributed by atoms with Gasteiger partial charge in [-0.15, -0.1) is 10.2 Å². The smallest absolute Gasteiger partial charge is 0.277 e. The lowest BCUT2D eigenvalue weighted by Crippen LogP contribution is -2.14. The molecule has 1 N–H and O–H groups in total. The van der Waals surface area contributed by atoms with Crippen molar-refractivity contribution in [1.29, 1.82) is 5.26 Å². The van der Waals surface area contributed by atoms with Crippen LogP contribution in [0.5, 0.6) is 0 Å². The molecule has 0 aliphatic heterocycles. The number of benzene rings is 2. The molecule has 3 aromatic rings. The lowest BCUT2D eigenvalue weighted by Gasteiger charge is -2.08. The van der Waals surface area contributed by atoms with Gasteiger partial charge in [0, 0.05) is 16.1 Å². The van der Waals surface area contributed by atoms with Crippen molar-refractivity contribution in [3.63, 3.8) is 0 Å². The number of hydrogen-bond donors (Lipinski definition) is 1. The number of thiocyanates is 1. The van der Waals surface area contributed by atoms with Crippen molar-refractivity contribution >= 4 is 35.1 Å². The van der Waals surface area contributed by atoms with Crippen LogP contribution in [0.25, 0.3) is 11.5 Å². The fourth-order valence-electron chi connectivity index (χ4n) is 2.29. The minimum atomic E-state index is -0.168. The number of carbonyl (C=O) groups is 1. The van der Waals surface area contributed by atoms with E-state index in [1.165, 1.54) is 11.8 Å². The highest BCUT2D eigenvalue weighted by molar-refractivity contribution is 8.03. The lowest BCUT2D eigenvalue weighted by molar-refractivity contribution is -0.113. The summed E-state index contributed by atoms with van der Waals surface area (Å²) in [4.78, 5) is 13.0. The monoisotopic (exact) mass is 396 g/mol. The van der Waals surface area contributed by atoms with E-state index in [-0.39, 0.29) is 11.7 Å². The molecule has 0 saturated carbocycles. The van der Waals surface area contributed by atoms with Crippen molar-refractivity contribution in [3.8, 4) is 16.9 Å². The molecule has 27 heavy (non-hydrogen) atoms. The third-order valence-corrected chi connectivity index (χ3v) is 5.07. The molecule has 136 valence electrons. The Kier molecular flexibility index (Phi) is 6.16. The zero-order chi connectivity index (χ0) is 19.2. The first kappa shape index (κ1) is 19.0. The molecule has 2 aromatic carbocycles. The summed E-state index contributed by atoms with van der Waals surface area (Å²) in [6, 6.07) is 13.2. The topological polar surface area (TPSA) is 91.8 Å². The van der Waals surface area contributed by atoms with Gasteiger partial charge >= 0.3 is 0 Å². The predicted molar refractivity (Wildman–Crippen MR) is 106 cm³/mol. The fraction of sp³-hybridized carbons (Fsp3) is 0.158. The molecule has 6 nitrogen and oxygen atoms in total. The molecule has 0 radical (unpaired) electrons. The van der Waals surface area contributed by atoms with Crippen LogP contribution in [-0.4, -0.2) is 21.9 Å². The van der Waals surface area contributed by atoms with Gasteiger partial charge in [0.05, 0.1) is 5.75 Å². The van der Waals surface area contributed by atoms with E-state index in [9.17, 15) is 4.79 Å². The van der Waals surface area contributed by atoms with Gasteiger partial charge in [-0.25, -0.2) is 0 Å². The summed E-state index contributed by atoms with van der Waals surface area (Å²) in [6.07, 6.45) is 0.